The monoisotopic (exact) mass is 164 g/mol. The molecule has 0 aromatic heterocycles. The molecule has 3 nitrogen and oxygen atoms in total. The van der Waals surface area contributed by atoms with Crippen molar-refractivity contribution in [1.82, 2.24) is 0 Å². The fourth-order valence-corrected chi connectivity index (χ4v) is 1.29. The maximum atomic E-state index is 10.5. The Morgan fingerprint density at radius 1 is 1.70 bits per heavy atom. The maximum absolute atomic E-state index is 10.5. The molecule has 10 heavy (non-hydrogen) atoms. The van der Waals surface area contributed by atoms with Crippen molar-refractivity contribution in [3.05, 3.63) is 0 Å². The molecule has 0 aromatic rings. The fourth-order valence-electron chi connectivity index (χ4n) is 0.780. The minimum absolute atomic E-state index is 0.0175. The summed E-state index contributed by atoms with van der Waals surface area (Å²) < 4.78 is 15.5. The highest BCUT2D eigenvalue weighted by Gasteiger charge is 2.42. The van der Waals surface area contributed by atoms with Crippen molar-refractivity contribution in [2.45, 2.75) is 12.8 Å². The van der Waals surface area contributed by atoms with Crippen LogP contribution in [-0.4, -0.2) is 25.0 Å². The van der Waals surface area contributed by atoms with Gasteiger partial charge in [0.2, 0.25) is 0 Å². The highest BCUT2D eigenvalue weighted by atomic mass is 31.1. The number of aliphatic hydroxyl groups excluding tert-OH is 1. The number of hydrogen-bond donors (Lipinski definition) is 1. The topological polar surface area (TPSA) is 46.5 Å². The van der Waals surface area contributed by atoms with Crippen LogP contribution in [-0.2, 0) is 9.09 Å². The molecule has 1 fully saturated rings. The molecule has 0 bridgehead atoms. The normalized spacial score (nSPS) is 24.2. The standard InChI is InChI=1S/C6H13O3P/c1-10(8)9-5-6(4-7)2-3-6/h7,10H,2-5H2,1H3. The second-order valence-corrected chi connectivity index (χ2v) is 4.21. The van der Waals surface area contributed by atoms with Gasteiger partial charge in [-0.3, -0.25) is 4.57 Å². The second kappa shape index (κ2) is 3.04. The molecule has 1 atom stereocenters. The van der Waals surface area contributed by atoms with Crippen molar-refractivity contribution >= 4 is 8.03 Å². The van der Waals surface area contributed by atoms with Crippen molar-refractivity contribution in [3.63, 3.8) is 0 Å². The maximum Gasteiger partial charge on any atom is 0.188 e. The number of rotatable bonds is 4. The lowest BCUT2D eigenvalue weighted by molar-refractivity contribution is 0.152. The van der Waals surface area contributed by atoms with Crippen LogP contribution in [0, 0.1) is 5.41 Å². The van der Waals surface area contributed by atoms with E-state index in [-0.39, 0.29) is 12.0 Å². The molecule has 1 aliphatic carbocycles. The quantitative estimate of drug-likeness (QED) is 0.627. The average Bonchev–Trinajstić information content (AvgIpc) is 2.64. The van der Waals surface area contributed by atoms with Gasteiger partial charge in [0.1, 0.15) is 0 Å². The van der Waals surface area contributed by atoms with E-state index in [0.29, 0.717) is 6.61 Å². The summed E-state index contributed by atoms with van der Waals surface area (Å²) in [6.45, 7) is 2.21. The summed E-state index contributed by atoms with van der Waals surface area (Å²) in [7, 11) is -1.80. The smallest absolute Gasteiger partial charge is 0.188 e. The van der Waals surface area contributed by atoms with Crippen LogP contribution in [0.1, 0.15) is 12.8 Å². The molecule has 1 unspecified atom stereocenters. The van der Waals surface area contributed by atoms with Crippen LogP contribution in [0.2, 0.25) is 0 Å². The summed E-state index contributed by atoms with van der Waals surface area (Å²) in [5.41, 5.74) is -0.0175. The SMILES string of the molecule is C[PH](=O)OCC1(CO)CC1. The Hall–Kier alpha value is 0.150. The summed E-state index contributed by atoms with van der Waals surface area (Å²) >= 11 is 0. The highest BCUT2D eigenvalue weighted by Crippen LogP contribution is 2.46. The molecule has 1 saturated carbocycles. The Kier molecular flexibility index (Phi) is 2.50. The lowest BCUT2D eigenvalue weighted by atomic mass is 10.1. The fraction of sp³-hybridized carbons (Fsp3) is 1.00. The first-order chi connectivity index (χ1) is 4.68. The summed E-state index contributed by atoms with van der Waals surface area (Å²) in [4.78, 5) is 0. The first-order valence-corrected chi connectivity index (χ1v) is 5.24. The Labute approximate surface area is 61.3 Å². The lowest BCUT2D eigenvalue weighted by Crippen LogP contribution is -2.12. The molecular formula is C6H13O3P. The molecule has 0 aliphatic heterocycles. The van der Waals surface area contributed by atoms with Gasteiger partial charge in [-0.1, -0.05) is 0 Å². The molecule has 1 N–H and O–H groups in total. The lowest BCUT2D eigenvalue weighted by Gasteiger charge is -2.09. The number of aliphatic hydroxyl groups is 1. The Bertz CT molecular complexity index is 142. The number of hydrogen-bond acceptors (Lipinski definition) is 3. The zero-order chi connectivity index (χ0) is 7.61. The zero-order valence-electron chi connectivity index (χ0n) is 6.09. The van der Waals surface area contributed by atoms with Crippen LogP contribution in [0.4, 0.5) is 0 Å². The van der Waals surface area contributed by atoms with E-state index in [9.17, 15) is 4.57 Å². The van der Waals surface area contributed by atoms with Gasteiger partial charge in [-0.2, -0.15) is 0 Å². The Morgan fingerprint density at radius 3 is 2.60 bits per heavy atom. The van der Waals surface area contributed by atoms with Gasteiger partial charge in [0.25, 0.3) is 0 Å². The average molecular weight is 164 g/mol. The van der Waals surface area contributed by atoms with E-state index < -0.39 is 8.03 Å². The van der Waals surface area contributed by atoms with Crippen LogP contribution < -0.4 is 0 Å². The van der Waals surface area contributed by atoms with Gasteiger partial charge in [-0.25, -0.2) is 0 Å². The Morgan fingerprint density at radius 2 is 2.30 bits per heavy atom. The van der Waals surface area contributed by atoms with Gasteiger partial charge >= 0.3 is 0 Å². The summed E-state index contributed by atoms with van der Waals surface area (Å²) in [6, 6.07) is 0. The van der Waals surface area contributed by atoms with Crippen LogP contribution in [0.3, 0.4) is 0 Å². The molecule has 4 heteroatoms. The van der Waals surface area contributed by atoms with Gasteiger partial charge in [0, 0.05) is 12.1 Å². The van der Waals surface area contributed by atoms with Crippen LogP contribution in [0.15, 0.2) is 0 Å². The molecule has 0 spiro atoms. The first kappa shape index (κ1) is 8.25. The van der Waals surface area contributed by atoms with Crippen molar-refractivity contribution in [3.8, 4) is 0 Å². The zero-order valence-corrected chi connectivity index (χ0v) is 7.09. The molecule has 1 rings (SSSR count). The summed E-state index contributed by atoms with van der Waals surface area (Å²) in [5, 5.41) is 8.80. The van der Waals surface area contributed by atoms with Crippen molar-refractivity contribution < 1.29 is 14.2 Å². The molecule has 0 aromatic carbocycles. The molecule has 1 aliphatic rings. The molecule has 0 radical (unpaired) electrons. The molecule has 0 saturated heterocycles. The predicted octanol–water partition coefficient (Wildman–Crippen LogP) is 0.880. The van der Waals surface area contributed by atoms with Crippen LogP contribution >= 0.6 is 8.03 Å². The molecule has 0 amide bonds. The van der Waals surface area contributed by atoms with E-state index in [4.69, 9.17) is 9.63 Å². The molecular weight excluding hydrogens is 151 g/mol. The van der Waals surface area contributed by atoms with Crippen LogP contribution in [0.25, 0.3) is 0 Å². The third kappa shape index (κ3) is 2.08. The minimum atomic E-state index is -1.80. The van der Waals surface area contributed by atoms with E-state index >= 15 is 0 Å². The third-order valence-electron chi connectivity index (χ3n) is 1.87. The summed E-state index contributed by atoms with van der Waals surface area (Å²) in [6.07, 6.45) is 2.03. The van der Waals surface area contributed by atoms with Gasteiger partial charge in [0.15, 0.2) is 8.03 Å². The Balaban J connectivity index is 2.19. The minimum Gasteiger partial charge on any atom is -0.396 e. The van der Waals surface area contributed by atoms with Gasteiger partial charge < -0.3 is 9.63 Å². The second-order valence-electron chi connectivity index (χ2n) is 2.94. The van der Waals surface area contributed by atoms with Crippen molar-refractivity contribution in [2.75, 3.05) is 19.9 Å². The highest BCUT2D eigenvalue weighted by molar-refractivity contribution is 7.38. The van der Waals surface area contributed by atoms with Crippen LogP contribution in [0.5, 0.6) is 0 Å². The third-order valence-corrected chi connectivity index (χ3v) is 2.42. The van der Waals surface area contributed by atoms with E-state index in [1.165, 1.54) is 0 Å². The van der Waals surface area contributed by atoms with Gasteiger partial charge in [0.05, 0.1) is 13.2 Å². The molecule has 0 heterocycles. The van der Waals surface area contributed by atoms with E-state index in [1.807, 2.05) is 0 Å². The van der Waals surface area contributed by atoms with Crippen molar-refractivity contribution in [1.29, 1.82) is 0 Å². The van der Waals surface area contributed by atoms with E-state index in [2.05, 4.69) is 0 Å². The first-order valence-electron chi connectivity index (χ1n) is 3.43. The molecule has 60 valence electrons. The largest absolute Gasteiger partial charge is 0.396 e. The van der Waals surface area contributed by atoms with Gasteiger partial charge in [-0.15, -0.1) is 0 Å². The van der Waals surface area contributed by atoms with E-state index in [0.717, 1.165) is 12.8 Å². The predicted molar refractivity (Wildman–Crippen MR) is 39.6 cm³/mol. The van der Waals surface area contributed by atoms with Crippen molar-refractivity contribution in [2.24, 2.45) is 5.41 Å². The summed E-state index contributed by atoms with van der Waals surface area (Å²) in [5.74, 6) is 0. The van der Waals surface area contributed by atoms with E-state index in [1.54, 1.807) is 6.66 Å². The van der Waals surface area contributed by atoms with Gasteiger partial charge in [-0.05, 0) is 12.8 Å².